The topological polar surface area (TPSA) is 89.6 Å². The molecule has 5 rings (SSSR count). The van der Waals surface area contributed by atoms with Crippen molar-refractivity contribution in [3.63, 3.8) is 0 Å². The number of methoxy groups -OCH3 is 1. The first-order valence-electron chi connectivity index (χ1n) is 13.6. The smallest absolute Gasteiger partial charge is 0.240 e. The van der Waals surface area contributed by atoms with Crippen molar-refractivity contribution < 1.29 is 18.7 Å². The number of hydrogen-bond donors (Lipinski definition) is 1. The highest BCUT2D eigenvalue weighted by atomic mass is 32.2. The molecule has 41 heavy (non-hydrogen) atoms. The maximum atomic E-state index is 13.9. The van der Waals surface area contributed by atoms with E-state index in [0.29, 0.717) is 11.6 Å². The summed E-state index contributed by atoms with van der Waals surface area (Å²) >= 11 is 1.53. The zero-order chi connectivity index (χ0) is 29.3. The van der Waals surface area contributed by atoms with Gasteiger partial charge in [-0.2, -0.15) is 5.10 Å². The number of benzene rings is 2. The van der Waals surface area contributed by atoms with Crippen LogP contribution in [0.3, 0.4) is 0 Å². The molecule has 0 saturated heterocycles. The van der Waals surface area contributed by atoms with E-state index in [-0.39, 0.29) is 41.3 Å². The minimum Gasteiger partial charge on any atom is -0.496 e. The van der Waals surface area contributed by atoms with E-state index >= 15 is 0 Å². The van der Waals surface area contributed by atoms with Crippen LogP contribution in [0.2, 0.25) is 0 Å². The number of rotatable bonds is 7. The summed E-state index contributed by atoms with van der Waals surface area (Å²) in [4.78, 5) is 28.8. The number of amides is 2. The average molecular weight is 573 g/mol. The number of ether oxygens (including phenoxy) is 1. The molecule has 1 aliphatic heterocycles. The first-order valence-corrected chi connectivity index (χ1v) is 14.7. The summed E-state index contributed by atoms with van der Waals surface area (Å²) in [6.45, 7) is 10.6. The number of para-hydroxylation sites is 1. The number of hydrogen-bond acceptors (Lipinski definition) is 6. The van der Waals surface area contributed by atoms with Crippen molar-refractivity contribution in [2.45, 2.75) is 51.8 Å². The predicted octanol–water partition coefficient (Wildman–Crippen LogP) is 5.87. The Morgan fingerprint density at radius 3 is 2.61 bits per heavy atom. The lowest BCUT2D eigenvalue weighted by atomic mass is 9.87. The second kappa shape index (κ2) is 11.5. The van der Waals surface area contributed by atoms with Crippen LogP contribution in [0, 0.1) is 13.8 Å². The number of anilines is 1. The molecule has 8 nitrogen and oxygen atoms in total. The fraction of sp³-hybridized carbons (Fsp3) is 0.344. The summed E-state index contributed by atoms with van der Waals surface area (Å²) in [7, 11) is 1.66. The van der Waals surface area contributed by atoms with Gasteiger partial charge in [-0.3, -0.25) is 14.5 Å². The number of furan rings is 1. The Kier molecular flexibility index (Phi) is 8.00. The van der Waals surface area contributed by atoms with Gasteiger partial charge in [-0.25, -0.2) is 4.68 Å². The molecule has 9 heteroatoms. The Balaban J connectivity index is 1.72. The molecule has 3 heterocycles. The van der Waals surface area contributed by atoms with Crippen LogP contribution in [0.25, 0.3) is 5.69 Å². The van der Waals surface area contributed by atoms with Gasteiger partial charge in [0, 0.05) is 16.5 Å². The fourth-order valence-corrected chi connectivity index (χ4v) is 6.43. The van der Waals surface area contributed by atoms with Crippen LogP contribution in [-0.2, 0) is 21.5 Å². The molecule has 0 bridgehead atoms. The number of carbonyl (C=O) groups is 2. The molecule has 0 spiro atoms. The first-order chi connectivity index (χ1) is 19.6. The van der Waals surface area contributed by atoms with E-state index in [1.165, 1.54) is 11.8 Å². The molecule has 2 aromatic carbocycles. The van der Waals surface area contributed by atoms with E-state index in [9.17, 15) is 9.59 Å². The Bertz CT molecular complexity index is 1570. The molecule has 2 amide bonds. The normalized spacial score (nSPS) is 15.4. The largest absolute Gasteiger partial charge is 0.496 e. The summed E-state index contributed by atoms with van der Waals surface area (Å²) in [5.41, 5.74) is 5.41. The second-order valence-corrected chi connectivity index (χ2v) is 12.4. The minimum absolute atomic E-state index is 0.147. The highest BCUT2D eigenvalue weighted by Crippen LogP contribution is 2.50. The Labute approximate surface area is 245 Å². The molecule has 214 valence electrons. The number of aryl methyl sites for hydroxylation is 2. The standard InChI is InChI=1S/C32H36N4O4S/c1-20-13-14-24(21(2)16-20)36-31-28(30(34-36)32(3,4)5)29(23-11-7-8-12-25(23)39-6)41-19-27(38)35(31)18-26(37)33-17-22-10-9-15-40-22/h7-16,29H,17-19H2,1-6H3,(H,33,37)/t29-/m1/s1. The predicted molar refractivity (Wildman–Crippen MR) is 162 cm³/mol. The lowest BCUT2D eigenvalue weighted by Crippen LogP contribution is -2.42. The van der Waals surface area contributed by atoms with E-state index in [0.717, 1.165) is 39.4 Å². The van der Waals surface area contributed by atoms with Crippen LogP contribution in [0.4, 0.5) is 5.82 Å². The molecule has 1 atom stereocenters. The van der Waals surface area contributed by atoms with Gasteiger partial charge in [-0.1, -0.05) is 56.7 Å². The van der Waals surface area contributed by atoms with E-state index in [1.807, 2.05) is 48.0 Å². The number of fused-ring (bicyclic) bond motifs is 1. The van der Waals surface area contributed by atoms with Gasteiger partial charge in [0.15, 0.2) is 0 Å². The summed E-state index contributed by atoms with van der Waals surface area (Å²) in [5, 5.41) is 7.85. The second-order valence-electron chi connectivity index (χ2n) is 11.3. The fourth-order valence-electron chi connectivity index (χ4n) is 5.21. The monoisotopic (exact) mass is 572 g/mol. The summed E-state index contributed by atoms with van der Waals surface area (Å²) in [6.07, 6.45) is 1.57. The van der Waals surface area contributed by atoms with Gasteiger partial charge in [0.1, 0.15) is 23.9 Å². The van der Waals surface area contributed by atoms with E-state index in [2.05, 4.69) is 39.1 Å². The van der Waals surface area contributed by atoms with Crippen LogP contribution in [-0.4, -0.2) is 41.0 Å². The van der Waals surface area contributed by atoms with Crippen LogP contribution >= 0.6 is 11.8 Å². The zero-order valence-corrected chi connectivity index (χ0v) is 25.2. The highest BCUT2D eigenvalue weighted by molar-refractivity contribution is 8.00. The summed E-state index contributed by atoms with van der Waals surface area (Å²) in [6, 6.07) is 17.6. The number of aromatic nitrogens is 2. The third-order valence-electron chi connectivity index (χ3n) is 7.14. The number of nitrogens with zero attached hydrogens (tertiary/aromatic N) is 3. The molecule has 2 aromatic heterocycles. The van der Waals surface area contributed by atoms with Gasteiger partial charge in [-0.05, 0) is 43.7 Å². The van der Waals surface area contributed by atoms with Crippen LogP contribution in [0.5, 0.6) is 5.75 Å². The van der Waals surface area contributed by atoms with Gasteiger partial charge in [0.2, 0.25) is 11.8 Å². The van der Waals surface area contributed by atoms with Gasteiger partial charge < -0.3 is 14.5 Å². The molecular formula is C32H36N4O4S. The zero-order valence-electron chi connectivity index (χ0n) is 24.4. The number of nitrogens with one attached hydrogen (secondary N) is 1. The van der Waals surface area contributed by atoms with Crippen molar-refractivity contribution in [2.75, 3.05) is 24.3 Å². The molecule has 1 aliphatic rings. The quantitative estimate of drug-likeness (QED) is 0.298. The highest BCUT2D eigenvalue weighted by Gasteiger charge is 2.40. The molecule has 1 N–H and O–H groups in total. The number of thioether (sulfide) groups is 1. The molecule has 0 fully saturated rings. The number of carbonyl (C=O) groups excluding carboxylic acids is 2. The van der Waals surface area contributed by atoms with Gasteiger partial charge in [0.25, 0.3) is 0 Å². The Morgan fingerprint density at radius 1 is 1.15 bits per heavy atom. The van der Waals surface area contributed by atoms with Gasteiger partial charge >= 0.3 is 0 Å². The van der Waals surface area contributed by atoms with Crippen LogP contribution in [0.1, 0.15) is 59.7 Å². The van der Waals surface area contributed by atoms with E-state index < -0.39 is 0 Å². The van der Waals surface area contributed by atoms with Gasteiger partial charge in [-0.15, -0.1) is 11.8 Å². The lowest BCUT2D eigenvalue weighted by molar-refractivity contribution is -0.123. The third-order valence-corrected chi connectivity index (χ3v) is 8.38. The van der Waals surface area contributed by atoms with Crippen molar-refractivity contribution >= 4 is 29.4 Å². The van der Waals surface area contributed by atoms with Crippen molar-refractivity contribution in [1.29, 1.82) is 0 Å². The van der Waals surface area contributed by atoms with E-state index in [4.69, 9.17) is 14.3 Å². The lowest BCUT2D eigenvalue weighted by Gasteiger charge is -2.25. The maximum absolute atomic E-state index is 13.9. The van der Waals surface area contributed by atoms with Crippen molar-refractivity contribution in [3.05, 3.63) is 94.6 Å². The van der Waals surface area contributed by atoms with Crippen molar-refractivity contribution in [1.82, 2.24) is 15.1 Å². The molecule has 0 radical (unpaired) electrons. The SMILES string of the molecule is COc1ccccc1[C@H]1SCC(=O)N(CC(=O)NCc2ccco2)c2c1c(C(C)(C)C)nn2-c1ccc(C)cc1C. The molecule has 0 unspecified atom stereocenters. The molecule has 0 saturated carbocycles. The molecule has 0 aliphatic carbocycles. The summed E-state index contributed by atoms with van der Waals surface area (Å²) in [5.74, 6) is 1.75. The van der Waals surface area contributed by atoms with Crippen molar-refractivity contribution in [3.8, 4) is 11.4 Å². The Hall–Kier alpha value is -3.98. The summed E-state index contributed by atoms with van der Waals surface area (Å²) < 4.78 is 13.0. The van der Waals surface area contributed by atoms with Gasteiger partial charge in [0.05, 0.1) is 42.3 Å². The maximum Gasteiger partial charge on any atom is 0.240 e. The first kappa shape index (κ1) is 28.5. The average Bonchev–Trinajstić information content (AvgIpc) is 3.57. The molecular weight excluding hydrogens is 536 g/mol. The van der Waals surface area contributed by atoms with E-state index in [1.54, 1.807) is 30.4 Å². The minimum atomic E-state index is -0.352. The van der Waals surface area contributed by atoms with Crippen molar-refractivity contribution in [2.24, 2.45) is 0 Å². The van der Waals surface area contributed by atoms with Crippen LogP contribution in [0.15, 0.2) is 65.3 Å². The molecule has 4 aromatic rings. The Morgan fingerprint density at radius 2 is 1.93 bits per heavy atom. The third kappa shape index (κ3) is 5.77. The van der Waals surface area contributed by atoms with Crippen LogP contribution < -0.4 is 15.0 Å².